The smallest absolute Gasteiger partial charge is 0.320 e. The highest BCUT2D eigenvalue weighted by Crippen LogP contribution is 2.20. The van der Waals surface area contributed by atoms with Crippen molar-refractivity contribution in [1.82, 2.24) is 19.8 Å². The van der Waals surface area contributed by atoms with E-state index in [-0.39, 0.29) is 23.5 Å². The first kappa shape index (κ1) is 19.1. The molecule has 1 N–H and O–H groups in total. The van der Waals surface area contributed by atoms with Gasteiger partial charge in [0.1, 0.15) is 5.69 Å². The maximum Gasteiger partial charge on any atom is 0.320 e. The van der Waals surface area contributed by atoms with Crippen LogP contribution < -0.4 is 14.8 Å². The summed E-state index contributed by atoms with van der Waals surface area (Å²) in [7, 11) is 5.06. The van der Waals surface area contributed by atoms with Gasteiger partial charge in [-0.05, 0) is 18.7 Å². The monoisotopic (exact) mass is 371 g/mol. The zero-order chi connectivity index (χ0) is 19.2. The Morgan fingerprint density at radius 3 is 2.56 bits per heavy atom. The molecule has 1 saturated heterocycles. The van der Waals surface area contributed by atoms with Gasteiger partial charge in [0.05, 0.1) is 14.2 Å². The number of carbonyl (C=O) groups is 1. The second kappa shape index (κ2) is 8.79. The van der Waals surface area contributed by atoms with Crippen LogP contribution in [-0.4, -0.2) is 73.1 Å². The third kappa shape index (κ3) is 4.93. The summed E-state index contributed by atoms with van der Waals surface area (Å²) in [5.74, 6) is -0.0578. The molecule has 0 saturated carbocycles. The summed E-state index contributed by atoms with van der Waals surface area (Å²) in [5.41, 5.74) is 2.04. The van der Waals surface area contributed by atoms with Gasteiger partial charge < -0.3 is 19.7 Å². The van der Waals surface area contributed by atoms with Crippen LogP contribution in [0.25, 0.3) is 0 Å². The predicted octanol–water partition coefficient (Wildman–Crippen LogP) is 1.49. The van der Waals surface area contributed by atoms with Crippen LogP contribution in [0, 0.1) is 0 Å². The Hall–Kier alpha value is -2.71. The molecule has 1 aromatic carbocycles. The lowest BCUT2D eigenvalue weighted by Gasteiger charge is -2.32. The van der Waals surface area contributed by atoms with Crippen molar-refractivity contribution in [2.75, 3.05) is 52.8 Å². The van der Waals surface area contributed by atoms with Crippen molar-refractivity contribution in [2.45, 2.75) is 6.54 Å². The zero-order valence-corrected chi connectivity index (χ0v) is 15.9. The van der Waals surface area contributed by atoms with Crippen molar-refractivity contribution < 1.29 is 14.3 Å². The van der Waals surface area contributed by atoms with Gasteiger partial charge in [-0.1, -0.05) is 18.2 Å². The van der Waals surface area contributed by atoms with Crippen molar-refractivity contribution >= 4 is 11.6 Å². The molecular formula is C19H25N5O3. The van der Waals surface area contributed by atoms with Gasteiger partial charge >= 0.3 is 6.01 Å². The van der Waals surface area contributed by atoms with Gasteiger partial charge in [0.15, 0.2) is 0 Å². The molecule has 0 radical (unpaired) electrons. The van der Waals surface area contributed by atoms with Crippen LogP contribution in [0.3, 0.4) is 0 Å². The van der Waals surface area contributed by atoms with Crippen LogP contribution in [0.5, 0.6) is 11.9 Å². The zero-order valence-electron chi connectivity index (χ0n) is 15.9. The molecule has 27 heavy (non-hydrogen) atoms. The number of carbonyl (C=O) groups excluding carboxylic acids is 1. The molecule has 0 spiro atoms. The summed E-state index contributed by atoms with van der Waals surface area (Å²) >= 11 is 0. The van der Waals surface area contributed by atoms with E-state index in [0.717, 1.165) is 44.0 Å². The summed E-state index contributed by atoms with van der Waals surface area (Å²) in [4.78, 5) is 25.5. The maximum atomic E-state index is 12.7. The third-order valence-electron chi connectivity index (χ3n) is 4.56. The number of methoxy groups -OCH3 is 2. The molecule has 0 atom stereocenters. The Kier molecular flexibility index (Phi) is 6.20. The van der Waals surface area contributed by atoms with Gasteiger partial charge in [-0.25, -0.2) is 0 Å². The second-order valence-electron chi connectivity index (χ2n) is 6.47. The number of nitrogens with zero attached hydrogens (tertiary/aromatic N) is 4. The molecular weight excluding hydrogens is 346 g/mol. The summed E-state index contributed by atoms with van der Waals surface area (Å²) in [6.07, 6.45) is 0. The minimum atomic E-state index is -0.333. The number of anilines is 1. The number of likely N-dealkylation sites (N-methyl/N-ethyl adjacent to an activating group) is 1. The quantitative estimate of drug-likeness (QED) is 0.824. The topological polar surface area (TPSA) is 79.8 Å². The van der Waals surface area contributed by atoms with E-state index in [0.29, 0.717) is 0 Å². The first-order valence-electron chi connectivity index (χ1n) is 8.86. The second-order valence-corrected chi connectivity index (χ2v) is 6.47. The predicted molar refractivity (Wildman–Crippen MR) is 102 cm³/mol. The van der Waals surface area contributed by atoms with Crippen LogP contribution >= 0.6 is 0 Å². The van der Waals surface area contributed by atoms with E-state index >= 15 is 0 Å². The molecule has 1 aromatic heterocycles. The molecule has 0 aliphatic carbocycles. The molecule has 3 rings (SSSR count). The van der Waals surface area contributed by atoms with Crippen molar-refractivity contribution in [1.29, 1.82) is 0 Å². The van der Waals surface area contributed by atoms with Crippen molar-refractivity contribution in [2.24, 2.45) is 0 Å². The Bertz CT molecular complexity index is 768. The van der Waals surface area contributed by atoms with E-state index in [9.17, 15) is 4.79 Å². The van der Waals surface area contributed by atoms with E-state index in [1.165, 1.54) is 20.3 Å². The molecule has 1 amide bonds. The molecule has 0 unspecified atom stereocenters. The summed E-state index contributed by atoms with van der Waals surface area (Å²) in [6, 6.07) is 9.40. The van der Waals surface area contributed by atoms with Gasteiger partial charge in [0, 0.05) is 44.5 Å². The minimum Gasteiger partial charge on any atom is -0.481 e. The Labute approximate surface area is 159 Å². The van der Waals surface area contributed by atoms with E-state index < -0.39 is 0 Å². The van der Waals surface area contributed by atoms with Gasteiger partial charge in [-0.15, -0.1) is 0 Å². The fourth-order valence-corrected chi connectivity index (χ4v) is 2.93. The number of hydrogen-bond acceptors (Lipinski definition) is 7. The van der Waals surface area contributed by atoms with Gasteiger partial charge in [0.25, 0.3) is 5.91 Å². The number of para-hydroxylation sites is 1. The summed E-state index contributed by atoms with van der Waals surface area (Å²) < 4.78 is 10.1. The highest BCUT2D eigenvalue weighted by atomic mass is 16.5. The normalized spacial score (nSPS) is 15.4. The van der Waals surface area contributed by atoms with Crippen LogP contribution in [0.1, 0.15) is 16.1 Å². The van der Waals surface area contributed by atoms with Crippen LogP contribution in [0.4, 0.5) is 5.69 Å². The number of nitrogens with one attached hydrogen (secondary N) is 1. The van der Waals surface area contributed by atoms with Crippen molar-refractivity contribution in [3.05, 3.63) is 41.6 Å². The molecule has 0 bridgehead atoms. The van der Waals surface area contributed by atoms with Crippen LogP contribution in [0.2, 0.25) is 0 Å². The number of amides is 1. The van der Waals surface area contributed by atoms with Gasteiger partial charge in [0.2, 0.25) is 5.88 Å². The first-order chi connectivity index (χ1) is 13.1. The van der Waals surface area contributed by atoms with E-state index in [4.69, 9.17) is 9.47 Å². The van der Waals surface area contributed by atoms with E-state index in [1.54, 1.807) is 0 Å². The Morgan fingerprint density at radius 2 is 1.85 bits per heavy atom. The highest BCUT2D eigenvalue weighted by Gasteiger charge is 2.17. The van der Waals surface area contributed by atoms with Crippen LogP contribution in [-0.2, 0) is 6.54 Å². The maximum absolute atomic E-state index is 12.7. The number of aromatic nitrogens is 2. The number of hydrogen-bond donors (Lipinski definition) is 1. The number of piperazine rings is 1. The van der Waals surface area contributed by atoms with E-state index in [1.807, 2.05) is 24.3 Å². The van der Waals surface area contributed by atoms with Crippen LogP contribution in [0.15, 0.2) is 30.3 Å². The lowest BCUT2D eigenvalue weighted by atomic mass is 10.1. The molecule has 2 heterocycles. The average molecular weight is 371 g/mol. The van der Waals surface area contributed by atoms with E-state index in [2.05, 4.69) is 32.1 Å². The number of rotatable bonds is 6. The van der Waals surface area contributed by atoms with Gasteiger partial charge in [-0.3, -0.25) is 9.69 Å². The Balaban J connectivity index is 1.75. The molecule has 1 aliphatic rings. The number of benzene rings is 1. The third-order valence-corrected chi connectivity index (χ3v) is 4.56. The SMILES string of the molecule is COc1cc(C(=O)Nc2ccccc2CN2CCN(C)CC2)nc(OC)n1. The molecule has 8 heteroatoms. The lowest BCUT2D eigenvalue weighted by molar-refractivity contribution is 0.102. The fourth-order valence-electron chi connectivity index (χ4n) is 2.93. The highest BCUT2D eigenvalue weighted by molar-refractivity contribution is 6.03. The lowest BCUT2D eigenvalue weighted by Crippen LogP contribution is -2.43. The number of ether oxygens (including phenoxy) is 2. The standard InChI is InChI=1S/C19H25N5O3/c1-23-8-10-24(11-9-23)13-14-6-4-5-7-15(14)20-18(25)16-12-17(26-2)22-19(21-16)27-3/h4-7,12H,8-11,13H2,1-3H3,(H,20,25). The molecule has 144 valence electrons. The minimum absolute atomic E-state index is 0.0882. The molecule has 1 fully saturated rings. The van der Waals surface area contributed by atoms with Gasteiger partial charge in [-0.2, -0.15) is 9.97 Å². The van der Waals surface area contributed by atoms with Crippen molar-refractivity contribution in [3.63, 3.8) is 0 Å². The summed E-state index contributed by atoms with van der Waals surface area (Å²) in [5, 5.41) is 2.95. The largest absolute Gasteiger partial charge is 0.481 e. The van der Waals surface area contributed by atoms with Crippen molar-refractivity contribution in [3.8, 4) is 11.9 Å². The molecule has 8 nitrogen and oxygen atoms in total. The fraction of sp³-hybridized carbons (Fsp3) is 0.421. The Morgan fingerprint density at radius 1 is 1.11 bits per heavy atom. The summed E-state index contributed by atoms with van der Waals surface area (Å²) in [6.45, 7) is 4.92. The molecule has 1 aliphatic heterocycles. The average Bonchev–Trinajstić information content (AvgIpc) is 2.70. The molecule has 2 aromatic rings. The first-order valence-corrected chi connectivity index (χ1v) is 8.86.